The van der Waals surface area contributed by atoms with Crippen LogP contribution in [-0.2, 0) is 4.74 Å². The van der Waals surface area contributed by atoms with Crippen LogP contribution >= 0.6 is 0 Å². The van der Waals surface area contributed by atoms with Gasteiger partial charge in [-0.1, -0.05) is 79.9 Å². The number of ether oxygens (including phenoxy) is 2. The molecule has 0 unspecified atom stereocenters. The van der Waals surface area contributed by atoms with Crippen LogP contribution in [0.2, 0.25) is 0 Å². The third kappa shape index (κ3) is 7.11. The van der Waals surface area contributed by atoms with Crippen molar-refractivity contribution in [2.45, 2.75) is 32.1 Å². The van der Waals surface area contributed by atoms with E-state index in [9.17, 15) is 4.79 Å². The molecule has 0 atom stereocenters. The predicted molar refractivity (Wildman–Crippen MR) is 117 cm³/mol. The highest BCUT2D eigenvalue weighted by molar-refractivity contribution is 5.89. The summed E-state index contributed by atoms with van der Waals surface area (Å²) in [5, 5.41) is 0. The maximum Gasteiger partial charge on any atom is 0.338 e. The number of hydrogen-bond donors (Lipinski definition) is 0. The minimum absolute atomic E-state index is 0.239. The maximum atomic E-state index is 11.8. The van der Waals surface area contributed by atoms with Crippen LogP contribution in [-0.4, -0.2) is 19.2 Å². The molecule has 3 rings (SSSR count). The van der Waals surface area contributed by atoms with Crippen molar-refractivity contribution < 1.29 is 14.3 Å². The second-order valence-corrected chi connectivity index (χ2v) is 7.01. The van der Waals surface area contributed by atoms with Gasteiger partial charge in [0.1, 0.15) is 5.75 Å². The number of esters is 1. The number of carbonyl (C=O) groups is 1. The lowest BCUT2D eigenvalue weighted by Gasteiger charge is -2.08. The minimum Gasteiger partial charge on any atom is -0.494 e. The molecule has 3 aromatic carbocycles. The van der Waals surface area contributed by atoms with Crippen LogP contribution in [0, 0.1) is 0 Å². The van der Waals surface area contributed by atoms with Crippen molar-refractivity contribution in [3.8, 4) is 16.9 Å². The highest BCUT2D eigenvalue weighted by Gasteiger charge is 2.05. The van der Waals surface area contributed by atoms with E-state index in [-0.39, 0.29) is 5.97 Å². The average Bonchev–Trinajstić information content (AvgIpc) is 2.79. The van der Waals surface area contributed by atoms with E-state index < -0.39 is 0 Å². The van der Waals surface area contributed by atoms with Crippen molar-refractivity contribution in [2.24, 2.45) is 0 Å². The third-order valence-electron chi connectivity index (χ3n) is 4.74. The fourth-order valence-electron chi connectivity index (χ4n) is 3.14. The van der Waals surface area contributed by atoms with Crippen LogP contribution < -0.4 is 4.74 Å². The topological polar surface area (TPSA) is 35.5 Å². The van der Waals surface area contributed by atoms with Gasteiger partial charge >= 0.3 is 5.97 Å². The van der Waals surface area contributed by atoms with Gasteiger partial charge in [0.15, 0.2) is 0 Å². The zero-order valence-electron chi connectivity index (χ0n) is 16.8. The number of rotatable bonds is 11. The molecule has 0 bridgehead atoms. The Kier molecular flexibility index (Phi) is 8.34. The van der Waals surface area contributed by atoms with E-state index >= 15 is 0 Å². The number of hydrogen-bond acceptors (Lipinski definition) is 3. The lowest BCUT2D eigenvalue weighted by molar-refractivity contribution is 0.0497. The maximum absolute atomic E-state index is 11.8. The summed E-state index contributed by atoms with van der Waals surface area (Å²) in [5.41, 5.74) is 2.99. The van der Waals surface area contributed by atoms with E-state index in [1.165, 1.54) is 11.1 Å². The molecule has 0 spiro atoms. The van der Waals surface area contributed by atoms with Gasteiger partial charge in [-0.05, 0) is 48.2 Å². The van der Waals surface area contributed by atoms with Crippen LogP contribution in [0.5, 0.6) is 5.75 Å². The standard InChI is InChI=1S/C26H28O3/c27-26(23-15-8-5-9-16-23)29-20-11-3-1-2-10-19-28-25-18-12-17-24(21-25)22-13-6-4-7-14-22/h4-9,12-18,21H,1-3,10-11,19-20H2. The molecule has 0 heterocycles. The summed E-state index contributed by atoms with van der Waals surface area (Å²) in [6.07, 6.45) is 5.23. The molecule has 0 fully saturated rings. The third-order valence-corrected chi connectivity index (χ3v) is 4.74. The molecule has 0 aromatic heterocycles. The molecule has 3 heteroatoms. The van der Waals surface area contributed by atoms with Crippen LogP contribution in [0.3, 0.4) is 0 Å². The molecule has 29 heavy (non-hydrogen) atoms. The van der Waals surface area contributed by atoms with Crippen LogP contribution in [0.15, 0.2) is 84.9 Å². The Morgan fingerprint density at radius 2 is 1.24 bits per heavy atom. The van der Waals surface area contributed by atoms with Gasteiger partial charge in [-0.3, -0.25) is 0 Å². The highest BCUT2D eigenvalue weighted by atomic mass is 16.5. The van der Waals surface area contributed by atoms with E-state index in [4.69, 9.17) is 9.47 Å². The van der Waals surface area contributed by atoms with Crippen LogP contribution in [0.25, 0.3) is 11.1 Å². The Hall–Kier alpha value is -3.07. The molecular formula is C26H28O3. The number of benzene rings is 3. The summed E-state index contributed by atoms with van der Waals surface area (Å²) >= 11 is 0. The van der Waals surface area contributed by atoms with Crippen LogP contribution in [0.1, 0.15) is 42.5 Å². The smallest absolute Gasteiger partial charge is 0.338 e. The Morgan fingerprint density at radius 3 is 2.00 bits per heavy atom. The number of unbranched alkanes of at least 4 members (excludes halogenated alkanes) is 4. The van der Waals surface area contributed by atoms with Gasteiger partial charge in [0, 0.05) is 0 Å². The summed E-state index contributed by atoms with van der Waals surface area (Å²) in [6.45, 7) is 1.21. The Morgan fingerprint density at radius 1 is 0.621 bits per heavy atom. The van der Waals surface area contributed by atoms with Crippen molar-refractivity contribution >= 4 is 5.97 Å². The first kappa shape index (κ1) is 20.7. The largest absolute Gasteiger partial charge is 0.494 e. The SMILES string of the molecule is O=C(OCCCCCCCOc1cccc(-c2ccccc2)c1)c1ccccc1. The Labute approximate surface area is 173 Å². The molecule has 0 amide bonds. The number of carbonyl (C=O) groups excluding carboxylic acids is 1. The first-order valence-corrected chi connectivity index (χ1v) is 10.3. The van der Waals surface area contributed by atoms with Crippen LogP contribution in [0.4, 0.5) is 0 Å². The van der Waals surface area contributed by atoms with Gasteiger partial charge in [-0.15, -0.1) is 0 Å². The second-order valence-electron chi connectivity index (χ2n) is 7.01. The molecule has 0 saturated carbocycles. The van der Waals surface area contributed by atoms with E-state index in [1.807, 2.05) is 48.5 Å². The first-order chi connectivity index (χ1) is 14.3. The van der Waals surface area contributed by atoms with Crippen molar-refractivity contribution in [1.82, 2.24) is 0 Å². The molecule has 3 aromatic rings. The molecular weight excluding hydrogens is 360 g/mol. The van der Waals surface area contributed by atoms with Crippen molar-refractivity contribution in [1.29, 1.82) is 0 Å². The molecule has 0 saturated heterocycles. The average molecular weight is 389 g/mol. The van der Waals surface area contributed by atoms with Crippen molar-refractivity contribution in [3.05, 3.63) is 90.5 Å². The normalized spacial score (nSPS) is 10.5. The Balaban J connectivity index is 1.25. The second kappa shape index (κ2) is 11.7. The molecule has 0 aliphatic heterocycles. The monoisotopic (exact) mass is 388 g/mol. The van der Waals surface area contributed by atoms with E-state index in [0.29, 0.717) is 12.2 Å². The van der Waals surface area contributed by atoms with E-state index in [0.717, 1.165) is 44.5 Å². The molecule has 0 aliphatic rings. The van der Waals surface area contributed by atoms with Gasteiger partial charge in [-0.2, -0.15) is 0 Å². The van der Waals surface area contributed by atoms with E-state index in [2.05, 4.69) is 24.3 Å². The van der Waals surface area contributed by atoms with Gasteiger partial charge in [0.25, 0.3) is 0 Å². The molecule has 0 N–H and O–H groups in total. The van der Waals surface area contributed by atoms with E-state index in [1.54, 1.807) is 12.1 Å². The first-order valence-electron chi connectivity index (χ1n) is 10.3. The lowest BCUT2D eigenvalue weighted by Crippen LogP contribution is -2.06. The minimum atomic E-state index is -0.239. The quantitative estimate of drug-likeness (QED) is 0.276. The van der Waals surface area contributed by atoms with Gasteiger partial charge < -0.3 is 9.47 Å². The predicted octanol–water partition coefficient (Wildman–Crippen LogP) is 6.54. The molecule has 150 valence electrons. The fourth-order valence-corrected chi connectivity index (χ4v) is 3.14. The molecule has 3 nitrogen and oxygen atoms in total. The summed E-state index contributed by atoms with van der Waals surface area (Å²) in [7, 11) is 0. The van der Waals surface area contributed by atoms with Gasteiger partial charge in [0.2, 0.25) is 0 Å². The van der Waals surface area contributed by atoms with Gasteiger partial charge in [-0.25, -0.2) is 4.79 Å². The zero-order chi connectivity index (χ0) is 20.2. The lowest BCUT2D eigenvalue weighted by atomic mass is 10.1. The fraction of sp³-hybridized carbons (Fsp3) is 0.269. The molecule has 0 aliphatic carbocycles. The summed E-state index contributed by atoms with van der Waals surface area (Å²) < 4.78 is 11.2. The zero-order valence-corrected chi connectivity index (χ0v) is 16.8. The Bertz CT molecular complexity index is 859. The summed E-state index contributed by atoms with van der Waals surface area (Å²) in [5.74, 6) is 0.677. The van der Waals surface area contributed by atoms with Crippen molar-refractivity contribution in [2.75, 3.05) is 13.2 Å². The highest BCUT2D eigenvalue weighted by Crippen LogP contribution is 2.23. The molecule has 0 radical (unpaired) electrons. The van der Waals surface area contributed by atoms with Gasteiger partial charge in [0.05, 0.1) is 18.8 Å². The summed E-state index contributed by atoms with van der Waals surface area (Å²) in [4.78, 5) is 11.8. The van der Waals surface area contributed by atoms with Crippen molar-refractivity contribution in [3.63, 3.8) is 0 Å². The summed E-state index contributed by atoms with van der Waals surface area (Å²) in [6, 6.07) is 27.7.